The minimum Gasteiger partial charge on any atom is -0.508 e. The van der Waals surface area contributed by atoms with E-state index >= 15 is 0 Å². The predicted octanol–water partition coefficient (Wildman–Crippen LogP) is 4.51. The van der Waals surface area contributed by atoms with Crippen LogP contribution in [0.15, 0.2) is 72.3 Å². The molecule has 1 heterocycles. The number of likely N-dealkylation sites (tertiary alicyclic amines) is 1. The second-order valence-corrected chi connectivity index (χ2v) is 8.62. The number of aliphatic hydroxyl groups excluding tert-OH is 1. The summed E-state index contributed by atoms with van der Waals surface area (Å²) < 4.78 is 10.2. The number of phenolic OH excluding ortho intramolecular Hbond substituents is 1. The maximum atomic E-state index is 13.3. The van der Waals surface area contributed by atoms with E-state index in [1.54, 1.807) is 68.4 Å². The Labute approximate surface area is 214 Å². The third kappa shape index (κ3) is 5.04. The topological polar surface area (TPSA) is 113 Å². The van der Waals surface area contributed by atoms with Crippen molar-refractivity contribution in [2.45, 2.75) is 26.4 Å². The molecule has 0 saturated carbocycles. The molecular weight excluding hydrogens is 474 g/mol. The van der Waals surface area contributed by atoms with E-state index in [9.17, 15) is 24.6 Å². The Morgan fingerprint density at radius 3 is 2.27 bits per heavy atom. The fraction of sp³-hybridized carbons (Fsp3) is 0.207. The van der Waals surface area contributed by atoms with Gasteiger partial charge in [-0.3, -0.25) is 9.59 Å². The van der Waals surface area contributed by atoms with E-state index < -0.39 is 23.7 Å². The Balaban J connectivity index is 1.78. The largest absolute Gasteiger partial charge is 0.508 e. The zero-order chi connectivity index (χ0) is 26.7. The Kier molecular flexibility index (Phi) is 7.29. The van der Waals surface area contributed by atoms with E-state index in [0.29, 0.717) is 33.6 Å². The van der Waals surface area contributed by atoms with Crippen LogP contribution in [0.5, 0.6) is 11.5 Å². The molecule has 1 unspecified atom stereocenters. The molecule has 2 N–H and O–H groups in total. The number of carbonyl (C=O) groups excluding carboxylic acids is 3. The number of rotatable bonds is 7. The van der Waals surface area contributed by atoms with E-state index in [1.165, 1.54) is 24.1 Å². The van der Waals surface area contributed by atoms with Gasteiger partial charge in [-0.1, -0.05) is 24.3 Å². The fourth-order valence-corrected chi connectivity index (χ4v) is 4.38. The van der Waals surface area contributed by atoms with Crippen LogP contribution in [-0.2, 0) is 20.9 Å². The fourth-order valence-electron chi connectivity index (χ4n) is 4.38. The van der Waals surface area contributed by atoms with Crippen molar-refractivity contribution in [1.82, 2.24) is 4.90 Å². The van der Waals surface area contributed by atoms with Gasteiger partial charge in [0, 0.05) is 12.1 Å². The summed E-state index contributed by atoms with van der Waals surface area (Å²) >= 11 is 0. The number of Topliss-reactive ketones (excluding diaryl/α,β-unsaturated/α-hetero) is 1. The van der Waals surface area contributed by atoms with Gasteiger partial charge in [0.15, 0.2) is 0 Å². The number of carbonyl (C=O) groups is 3. The molecule has 3 aromatic carbocycles. The summed E-state index contributed by atoms with van der Waals surface area (Å²) in [6.45, 7) is 3.80. The van der Waals surface area contributed by atoms with Gasteiger partial charge in [-0.25, -0.2) is 4.79 Å². The lowest BCUT2D eigenvalue weighted by atomic mass is 9.93. The van der Waals surface area contributed by atoms with Crippen LogP contribution < -0.4 is 4.74 Å². The van der Waals surface area contributed by atoms with Crippen LogP contribution in [0.25, 0.3) is 5.76 Å². The first-order valence-corrected chi connectivity index (χ1v) is 11.7. The van der Waals surface area contributed by atoms with Crippen molar-refractivity contribution in [1.29, 1.82) is 0 Å². The zero-order valence-electron chi connectivity index (χ0n) is 20.7. The van der Waals surface area contributed by atoms with Crippen LogP contribution >= 0.6 is 0 Å². The number of aromatic hydroxyl groups is 1. The summed E-state index contributed by atoms with van der Waals surface area (Å²) in [4.78, 5) is 39.9. The lowest BCUT2D eigenvalue weighted by Gasteiger charge is -2.25. The Hall–Kier alpha value is -4.59. The van der Waals surface area contributed by atoms with Crippen LogP contribution in [0.3, 0.4) is 0 Å². The summed E-state index contributed by atoms with van der Waals surface area (Å²) in [6.07, 6.45) is 0. The van der Waals surface area contributed by atoms with E-state index in [-0.39, 0.29) is 30.2 Å². The molecule has 1 aliphatic rings. The highest BCUT2D eigenvalue weighted by Gasteiger charge is 2.46. The van der Waals surface area contributed by atoms with Crippen LogP contribution in [-0.4, -0.2) is 46.5 Å². The molecule has 1 fully saturated rings. The molecule has 0 aromatic heterocycles. The van der Waals surface area contributed by atoms with Crippen molar-refractivity contribution in [3.8, 4) is 11.5 Å². The Morgan fingerprint density at radius 2 is 1.68 bits per heavy atom. The molecule has 0 radical (unpaired) electrons. The number of phenols is 1. The molecule has 1 saturated heterocycles. The smallest absolute Gasteiger partial charge is 0.338 e. The highest BCUT2D eigenvalue weighted by Crippen LogP contribution is 2.41. The van der Waals surface area contributed by atoms with Gasteiger partial charge in [-0.05, 0) is 73.0 Å². The number of nitrogens with zero attached hydrogens (tertiary/aromatic N) is 1. The molecule has 4 rings (SSSR count). The second kappa shape index (κ2) is 10.6. The number of ketones is 1. The number of amides is 1. The third-order valence-electron chi connectivity index (χ3n) is 6.26. The number of aryl methyl sites for hydroxylation is 1. The molecule has 190 valence electrons. The molecule has 1 atom stereocenters. The second-order valence-electron chi connectivity index (χ2n) is 8.62. The average Bonchev–Trinajstić information content (AvgIpc) is 3.14. The van der Waals surface area contributed by atoms with E-state index in [4.69, 9.17) is 9.47 Å². The first-order valence-electron chi connectivity index (χ1n) is 11.7. The highest BCUT2D eigenvalue weighted by atomic mass is 16.5. The molecule has 37 heavy (non-hydrogen) atoms. The first-order chi connectivity index (χ1) is 17.7. The maximum Gasteiger partial charge on any atom is 0.338 e. The molecule has 3 aromatic rings. The molecule has 0 aliphatic carbocycles. The minimum atomic E-state index is -0.896. The Morgan fingerprint density at radius 1 is 1.00 bits per heavy atom. The third-order valence-corrected chi connectivity index (χ3v) is 6.26. The predicted molar refractivity (Wildman–Crippen MR) is 136 cm³/mol. The summed E-state index contributed by atoms with van der Waals surface area (Å²) in [5.41, 5.74) is 2.63. The average molecular weight is 502 g/mol. The van der Waals surface area contributed by atoms with Gasteiger partial charge in [0.1, 0.15) is 17.3 Å². The number of ether oxygens (including phenoxy) is 2. The standard InChI is InChI=1S/C29H27NO7/c1-4-37-29(35)20-7-5-18(6-8-20)16-30-25(19-9-11-21(31)12-10-19)24(27(33)28(30)34)26(32)23-14-13-22(36-3)15-17(23)2/h5-15,25,31-32H,4,16H2,1-3H3/b26-24-. The summed E-state index contributed by atoms with van der Waals surface area (Å²) in [6, 6.07) is 16.8. The molecular formula is C29H27NO7. The van der Waals surface area contributed by atoms with Gasteiger partial charge < -0.3 is 24.6 Å². The van der Waals surface area contributed by atoms with Crippen molar-refractivity contribution in [2.24, 2.45) is 0 Å². The first kappa shape index (κ1) is 25.5. The van der Waals surface area contributed by atoms with Gasteiger partial charge in [-0.2, -0.15) is 0 Å². The van der Waals surface area contributed by atoms with Gasteiger partial charge in [-0.15, -0.1) is 0 Å². The van der Waals surface area contributed by atoms with E-state index in [1.807, 2.05) is 0 Å². The minimum absolute atomic E-state index is 0.0289. The molecule has 8 heteroatoms. The number of benzene rings is 3. The van der Waals surface area contributed by atoms with Gasteiger partial charge in [0.05, 0.1) is 30.9 Å². The van der Waals surface area contributed by atoms with Gasteiger partial charge in [0.25, 0.3) is 11.7 Å². The Bertz CT molecular complexity index is 1370. The van der Waals surface area contributed by atoms with Gasteiger partial charge in [0.2, 0.25) is 0 Å². The molecule has 0 spiro atoms. The number of hydrogen-bond acceptors (Lipinski definition) is 7. The molecule has 1 amide bonds. The van der Waals surface area contributed by atoms with Crippen LogP contribution in [0, 0.1) is 6.92 Å². The number of hydrogen-bond donors (Lipinski definition) is 2. The number of aliphatic hydroxyl groups is 1. The van der Waals surface area contributed by atoms with Gasteiger partial charge >= 0.3 is 5.97 Å². The lowest BCUT2D eigenvalue weighted by Crippen LogP contribution is -2.29. The molecule has 1 aliphatic heterocycles. The van der Waals surface area contributed by atoms with Crippen LogP contribution in [0.4, 0.5) is 0 Å². The summed E-state index contributed by atoms with van der Waals surface area (Å²) in [5.74, 6) is -1.70. The van der Waals surface area contributed by atoms with Crippen LogP contribution in [0.1, 0.15) is 45.6 Å². The highest BCUT2D eigenvalue weighted by molar-refractivity contribution is 6.46. The van der Waals surface area contributed by atoms with Crippen molar-refractivity contribution in [3.63, 3.8) is 0 Å². The van der Waals surface area contributed by atoms with E-state index in [2.05, 4.69) is 0 Å². The number of methoxy groups -OCH3 is 1. The van der Waals surface area contributed by atoms with Crippen molar-refractivity contribution in [3.05, 3.63) is 100 Å². The van der Waals surface area contributed by atoms with Crippen molar-refractivity contribution >= 4 is 23.4 Å². The van der Waals surface area contributed by atoms with Crippen molar-refractivity contribution < 1.29 is 34.1 Å². The van der Waals surface area contributed by atoms with Crippen LogP contribution in [0.2, 0.25) is 0 Å². The lowest BCUT2D eigenvalue weighted by molar-refractivity contribution is -0.140. The zero-order valence-corrected chi connectivity index (χ0v) is 20.7. The summed E-state index contributed by atoms with van der Waals surface area (Å²) in [7, 11) is 1.53. The monoisotopic (exact) mass is 501 g/mol. The quantitative estimate of drug-likeness (QED) is 0.212. The normalized spacial score (nSPS) is 16.6. The van der Waals surface area contributed by atoms with Crippen molar-refractivity contribution in [2.75, 3.05) is 13.7 Å². The number of esters is 1. The SMILES string of the molecule is CCOC(=O)c1ccc(CN2C(=O)C(=O)/C(=C(\O)c3ccc(OC)cc3C)C2c2ccc(O)cc2)cc1. The molecule has 0 bridgehead atoms. The van der Waals surface area contributed by atoms with E-state index in [0.717, 1.165) is 0 Å². The molecule has 8 nitrogen and oxygen atoms in total. The summed E-state index contributed by atoms with van der Waals surface area (Å²) in [5, 5.41) is 21.1. The maximum absolute atomic E-state index is 13.3.